The van der Waals surface area contributed by atoms with Crippen molar-refractivity contribution in [3.8, 4) is 17.2 Å². The van der Waals surface area contributed by atoms with E-state index in [4.69, 9.17) is 18.8 Å². The van der Waals surface area contributed by atoms with Crippen molar-refractivity contribution in [2.75, 3.05) is 32.8 Å². The van der Waals surface area contributed by atoms with E-state index in [1.807, 2.05) is 12.1 Å². The van der Waals surface area contributed by atoms with Crippen molar-refractivity contribution in [3.05, 3.63) is 12.1 Å². The molecule has 1 N–H and O–H groups in total. The molecule has 0 saturated heterocycles. The summed E-state index contributed by atoms with van der Waals surface area (Å²) in [4.78, 5) is 0.913. The fourth-order valence-corrected chi connectivity index (χ4v) is 4.42. The number of methoxy groups -OCH3 is 3. The van der Waals surface area contributed by atoms with Crippen molar-refractivity contribution in [1.29, 1.82) is 0 Å². The van der Waals surface area contributed by atoms with E-state index in [0.29, 0.717) is 23.0 Å². The third-order valence-corrected chi connectivity index (χ3v) is 5.74. The Bertz CT molecular complexity index is 448. The van der Waals surface area contributed by atoms with E-state index in [-0.39, 0.29) is 29.6 Å². The average molecular weight is 375 g/mol. The molecule has 0 bridgehead atoms. The number of benzene rings is 1. The Morgan fingerprint density at radius 3 is 2.14 bits per heavy atom. The molecule has 121 valence electrons. The van der Waals surface area contributed by atoms with Crippen LogP contribution in [-0.2, 0) is 11.1 Å². The van der Waals surface area contributed by atoms with Gasteiger partial charge in [-0.2, -0.15) is 0 Å². The second-order valence-corrected chi connectivity index (χ2v) is 7.48. The molecule has 0 spiro atoms. The van der Waals surface area contributed by atoms with Crippen molar-refractivity contribution in [1.82, 2.24) is 0 Å². The van der Waals surface area contributed by atoms with Crippen LogP contribution in [0.2, 0.25) is 0 Å². The summed E-state index contributed by atoms with van der Waals surface area (Å²) in [5, 5.41) is 0. The third-order valence-electron chi connectivity index (χ3n) is 2.61. The second kappa shape index (κ2) is 12.8. The summed E-state index contributed by atoms with van der Waals surface area (Å²) in [7, 11) is 8.06. The minimum Gasteiger partial charge on any atom is -0.496 e. The molecule has 5 nitrogen and oxygen atoms in total. The molecule has 0 heterocycles. The van der Waals surface area contributed by atoms with Gasteiger partial charge >= 0.3 is 0 Å². The maximum absolute atomic E-state index is 10.5. The molecule has 9 heteroatoms. The second-order valence-electron chi connectivity index (χ2n) is 4.00. The molecule has 0 saturated carbocycles. The van der Waals surface area contributed by atoms with Crippen LogP contribution in [0.5, 0.6) is 17.2 Å². The first kappa shape index (κ1) is 22.4. The number of rotatable bonds is 10. The number of ether oxygens (including phenoxy) is 3. The molecule has 1 atom stereocenters. The van der Waals surface area contributed by atoms with Gasteiger partial charge in [-0.15, -0.1) is 0 Å². The zero-order valence-electron chi connectivity index (χ0n) is 13.3. The van der Waals surface area contributed by atoms with E-state index < -0.39 is 11.1 Å². The minimum absolute atomic E-state index is 0. The molecule has 0 aliphatic heterocycles. The molecule has 22 heavy (non-hydrogen) atoms. The summed E-state index contributed by atoms with van der Waals surface area (Å²) in [6, 6.07) is 3.64. The average Bonchev–Trinajstić information content (AvgIpc) is 2.49. The summed E-state index contributed by atoms with van der Waals surface area (Å²) >= 11 is -1.69. The van der Waals surface area contributed by atoms with Crippen molar-refractivity contribution in [2.24, 2.45) is 0 Å². The molecule has 0 aliphatic rings. The van der Waals surface area contributed by atoms with E-state index in [1.165, 1.54) is 0 Å². The van der Waals surface area contributed by atoms with Crippen molar-refractivity contribution in [2.45, 2.75) is 17.7 Å². The Kier molecular flexibility index (Phi) is 13.1. The van der Waals surface area contributed by atoms with Gasteiger partial charge in [0.1, 0.15) is 22.1 Å². The van der Waals surface area contributed by atoms with E-state index in [0.717, 1.165) is 23.5 Å². The van der Waals surface area contributed by atoms with Gasteiger partial charge in [0.15, 0.2) is 11.1 Å². The predicted octanol–water partition coefficient (Wildman–Crippen LogP) is 3.07. The van der Waals surface area contributed by atoms with Crippen molar-refractivity contribution < 1.29 is 23.0 Å². The van der Waals surface area contributed by atoms with E-state index in [1.54, 1.807) is 42.9 Å². The largest absolute Gasteiger partial charge is 0.496 e. The predicted molar refractivity (Wildman–Crippen MR) is 95.0 cm³/mol. The normalized spacial score (nSPS) is 11.5. The summed E-state index contributed by atoms with van der Waals surface area (Å²) in [6.45, 7) is 0. The van der Waals surface area contributed by atoms with Crippen molar-refractivity contribution >= 4 is 62.2 Å². The molecule has 1 aromatic rings. The van der Waals surface area contributed by atoms with Gasteiger partial charge < -0.3 is 18.8 Å². The Balaban J connectivity index is 0.00000441. The van der Waals surface area contributed by atoms with Gasteiger partial charge in [0.05, 0.1) is 21.3 Å². The van der Waals surface area contributed by atoms with Gasteiger partial charge in [-0.1, -0.05) is 10.8 Å². The third kappa shape index (κ3) is 7.81. The van der Waals surface area contributed by atoms with E-state index >= 15 is 0 Å². The Labute approximate surface area is 164 Å². The van der Waals surface area contributed by atoms with Crippen LogP contribution < -0.4 is 14.2 Å². The van der Waals surface area contributed by atoms with Crippen LogP contribution >= 0.6 is 21.6 Å². The summed E-state index contributed by atoms with van der Waals surface area (Å²) < 4.78 is 35.2. The first-order valence-electron chi connectivity index (χ1n) is 6.29. The number of hydrogen-bond acceptors (Lipinski definition) is 6. The molecule has 0 fully saturated rings. The van der Waals surface area contributed by atoms with Crippen LogP contribution in [0.1, 0.15) is 12.8 Å². The van der Waals surface area contributed by atoms with Gasteiger partial charge in [0, 0.05) is 53.2 Å². The fraction of sp³-hybridized carbons (Fsp3) is 0.538. The first-order chi connectivity index (χ1) is 10.1. The maximum Gasteiger partial charge on any atom is 0.152 e. The number of unbranched alkanes of at least 4 members (excludes halogenated alkanes) is 1. The van der Waals surface area contributed by atoms with Gasteiger partial charge in [-0.3, -0.25) is 0 Å². The van der Waals surface area contributed by atoms with Gasteiger partial charge in [-0.25, -0.2) is 4.21 Å². The van der Waals surface area contributed by atoms with Crippen LogP contribution in [0.15, 0.2) is 17.0 Å². The topological polar surface area (TPSA) is 65.0 Å². The van der Waals surface area contributed by atoms with Crippen molar-refractivity contribution in [3.63, 3.8) is 0 Å². The SMILES string of the molecule is COc1cc(OC)c(SSCCCCS(=O)O)c(OC)c1.[Na]. The van der Waals surface area contributed by atoms with Gasteiger partial charge in [0.2, 0.25) is 0 Å². The summed E-state index contributed by atoms with van der Waals surface area (Å²) in [5.74, 6) is 3.32. The quantitative estimate of drug-likeness (QED) is 0.292. The molecular weight excluding hydrogens is 355 g/mol. The molecular formula is C13H20NaO5S3. The molecule has 1 radical (unpaired) electrons. The zero-order chi connectivity index (χ0) is 15.7. The van der Waals surface area contributed by atoms with Crippen LogP contribution in [0.4, 0.5) is 0 Å². The monoisotopic (exact) mass is 375 g/mol. The van der Waals surface area contributed by atoms with Gasteiger partial charge in [0.25, 0.3) is 0 Å². The van der Waals surface area contributed by atoms with Crippen LogP contribution in [0.25, 0.3) is 0 Å². The Morgan fingerprint density at radius 2 is 1.68 bits per heavy atom. The molecule has 0 amide bonds. The van der Waals surface area contributed by atoms with Crippen LogP contribution in [0, 0.1) is 0 Å². The first-order valence-corrected chi connectivity index (χ1v) is 9.88. The summed E-state index contributed by atoms with van der Waals surface area (Å²) in [5.41, 5.74) is 0. The molecule has 0 aromatic heterocycles. The van der Waals surface area contributed by atoms with Gasteiger partial charge in [-0.05, 0) is 23.6 Å². The molecule has 1 aromatic carbocycles. The standard InChI is InChI=1S/C13H20O5S3.Na/c1-16-10-8-11(17-2)13(12(9-10)18-3)20-19-6-4-5-7-21(14)15;/h8-9H,4-7H2,1-3H3,(H,14,15);. The Hall–Kier alpha value is 0.430. The van der Waals surface area contributed by atoms with Crippen LogP contribution in [-0.4, -0.2) is 71.2 Å². The molecule has 1 unspecified atom stereocenters. The number of hydrogen-bond donors (Lipinski definition) is 1. The fourth-order valence-electron chi connectivity index (χ4n) is 1.54. The maximum atomic E-state index is 10.5. The molecule has 0 aliphatic carbocycles. The van der Waals surface area contributed by atoms with E-state index in [2.05, 4.69) is 0 Å². The van der Waals surface area contributed by atoms with Crippen LogP contribution in [0.3, 0.4) is 0 Å². The smallest absolute Gasteiger partial charge is 0.152 e. The molecule has 1 rings (SSSR count). The minimum atomic E-state index is -1.69. The summed E-state index contributed by atoms with van der Waals surface area (Å²) in [6.07, 6.45) is 1.64. The zero-order valence-corrected chi connectivity index (χ0v) is 17.7. The van der Waals surface area contributed by atoms with E-state index in [9.17, 15) is 4.21 Å². The Morgan fingerprint density at radius 1 is 1.09 bits per heavy atom.